The molecule has 0 aliphatic heterocycles. The zero-order valence-corrected chi connectivity index (χ0v) is 13.4. The number of nitrogens with one attached hydrogen (secondary N) is 2. The number of carbonyl (C=O) groups excluding carboxylic acids is 2. The van der Waals surface area contributed by atoms with Crippen LogP contribution in [0.1, 0.15) is 20.8 Å². The summed E-state index contributed by atoms with van der Waals surface area (Å²) in [6.07, 6.45) is 0. The predicted molar refractivity (Wildman–Crippen MR) is 86.6 cm³/mol. The monoisotopic (exact) mass is 320 g/mol. The van der Waals surface area contributed by atoms with Gasteiger partial charge in [0.25, 0.3) is 5.91 Å². The maximum atomic E-state index is 11.7. The van der Waals surface area contributed by atoms with Gasteiger partial charge < -0.3 is 0 Å². The molecule has 2 amide bonds. The van der Waals surface area contributed by atoms with Gasteiger partial charge in [0.05, 0.1) is 10.6 Å². The Morgan fingerprint density at radius 2 is 2.00 bits per heavy atom. The van der Waals surface area contributed by atoms with Crippen LogP contribution in [-0.2, 0) is 4.79 Å². The first-order valence-corrected chi connectivity index (χ1v) is 8.25. The molecule has 0 fully saturated rings. The molecular formula is C15H16N2O2S2. The summed E-state index contributed by atoms with van der Waals surface area (Å²) in [6.45, 7) is 4.03. The first kappa shape index (κ1) is 15.6. The number of rotatable bonds is 4. The van der Waals surface area contributed by atoms with Gasteiger partial charge in [-0.15, -0.1) is 23.1 Å². The number of amides is 2. The van der Waals surface area contributed by atoms with Gasteiger partial charge in [-0.3, -0.25) is 20.4 Å². The van der Waals surface area contributed by atoms with E-state index >= 15 is 0 Å². The maximum Gasteiger partial charge on any atom is 0.279 e. The number of benzene rings is 1. The van der Waals surface area contributed by atoms with Gasteiger partial charge in [-0.05, 0) is 36.9 Å². The fourth-order valence-electron chi connectivity index (χ4n) is 1.64. The van der Waals surface area contributed by atoms with Crippen molar-refractivity contribution in [3.8, 4) is 0 Å². The van der Waals surface area contributed by atoms with Crippen LogP contribution in [0.2, 0.25) is 0 Å². The second-order valence-corrected chi connectivity index (χ2v) is 6.50. The highest BCUT2D eigenvalue weighted by Gasteiger charge is 2.09. The van der Waals surface area contributed by atoms with E-state index in [0.717, 1.165) is 16.0 Å². The van der Waals surface area contributed by atoms with E-state index < -0.39 is 0 Å². The lowest BCUT2D eigenvalue weighted by Crippen LogP contribution is -2.42. The lowest BCUT2D eigenvalue weighted by atomic mass is 10.2. The number of hydrogen-bond acceptors (Lipinski definition) is 4. The van der Waals surface area contributed by atoms with Crippen molar-refractivity contribution in [3.05, 3.63) is 51.7 Å². The lowest BCUT2D eigenvalue weighted by molar-refractivity contribution is -0.119. The molecule has 110 valence electrons. The molecule has 0 atom stereocenters. The quantitative estimate of drug-likeness (QED) is 0.673. The van der Waals surface area contributed by atoms with Crippen molar-refractivity contribution in [1.82, 2.24) is 10.9 Å². The maximum absolute atomic E-state index is 11.7. The molecule has 1 aromatic carbocycles. The Morgan fingerprint density at radius 1 is 1.19 bits per heavy atom. The highest BCUT2D eigenvalue weighted by molar-refractivity contribution is 8.00. The third-order valence-corrected chi connectivity index (χ3v) is 4.79. The molecule has 1 heterocycles. The number of aryl methyl sites for hydroxylation is 2. The Kier molecular flexibility index (Phi) is 5.41. The van der Waals surface area contributed by atoms with Crippen molar-refractivity contribution in [2.45, 2.75) is 18.7 Å². The van der Waals surface area contributed by atoms with E-state index in [1.54, 1.807) is 12.1 Å². The number of thiophene rings is 1. The molecule has 2 aromatic rings. The second kappa shape index (κ2) is 7.28. The van der Waals surface area contributed by atoms with Gasteiger partial charge in [0.1, 0.15) is 0 Å². The van der Waals surface area contributed by atoms with Gasteiger partial charge in [0.15, 0.2) is 0 Å². The molecular weight excluding hydrogens is 304 g/mol. The topological polar surface area (TPSA) is 58.2 Å². The normalized spacial score (nSPS) is 10.2. The smallest absolute Gasteiger partial charge is 0.272 e. The van der Waals surface area contributed by atoms with Gasteiger partial charge in [-0.2, -0.15) is 0 Å². The van der Waals surface area contributed by atoms with Crippen molar-refractivity contribution in [2.75, 3.05) is 5.75 Å². The van der Waals surface area contributed by atoms with Crippen LogP contribution in [0.3, 0.4) is 0 Å². The Balaban J connectivity index is 1.80. The Morgan fingerprint density at radius 3 is 2.71 bits per heavy atom. The van der Waals surface area contributed by atoms with Gasteiger partial charge in [0, 0.05) is 4.90 Å². The van der Waals surface area contributed by atoms with E-state index in [9.17, 15) is 9.59 Å². The number of hydrogen-bond donors (Lipinski definition) is 2. The first-order valence-electron chi connectivity index (χ1n) is 6.39. The molecule has 0 aliphatic carbocycles. The minimum atomic E-state index is -0.296. The molecule has 0 saturated heterocycles. The van der Waals surface area contributed by atoms with Gasteiger partial charge >= 0.3 is 0 Å². The van der Waals surface area contributed by atoms with E-state index in [0.29, 0.717) is 4.88 Å². The van der Waals surface area contributed by atoms with Gasteiger partial charge in [0.2, 0.25) is 5.91 Å². The lowest BCUT2D eigenvalue weighted by Gasteiger charge is -2.08. The zero-order valence-electron chi connectivity index (χ0n) is 11.8. The molecule has 4 nitrogen and oxygen atoms in total. The Labute approximate surface area is 131 Å². The average molecular weight is 320 g/mol. The predicted octanol–water partition coefficient (Wildman–Crippen LogP) is 2.92. The molecule has 0 unspecified atom stereocenters. The second-order valence-electron chi connectivity index (χ2n) is 4.54. The summed E-state index contributed by atoms with van der Waals surface area (Å²) in [6, 6.07) is 9.63. The summed E-state index contributed by atoms with van der Waals surface area (Å²) in [7, 11) is 0. The fourth-order valence-corrected chi connectivity index (χ4v) is 3.18. The fraction of sp³-hybridized carbons (Fsp3) is 0.200. The van der Waals surface area contributed by atoms with E-state index in [4.69, 9.17) is 0 Å². The van der Waals surface area contributed by atoms with Crippen LogP contribution < -0.4 is 10.9 Å². The van der Waals surface area contributed by atoms with Crippen LogP contribution in [0.25, 0.3) is 0 Å². The van der Waals surface area contributed by atoms with Gasteiger partial charge in [-0.1, -0.05) is 23.8 Å². The molecule has 2 N–H and O–H groups in total. The standard InChI is InChI=1S/C15H16N2O2S2/c1-10-5-6-11(2)13(8-10)21-9-14(18)16-17-15(19)12-4-3-7-20-12/h3-8H,9H2,1-2H3,(H,16,18)(H,17,19). The van der Waals surface area contributed by atoms with E-state index in [1.807, 2.05) is 31.4 Å². The molecule has 0 radical (unpaired) electrons. The molecule has 1 aromatic heterocycles. The minimum Gasteiger partial charge on any atom is -0.272 e. The van der Waals surface area contributed by atoms with Crippen molar-refractivity contribution in [3.63, 3.8) is 0 Å². The number of hydrazine groups is 1. The molecule has 0 bridgehead atoms. The van der Waals surface area contributed by atoms with Crippen LogP contribution in [0.5, 0.6) is 0 Å². The molecule has 6 heteroatoms. The van der Waals surface area contributed by atoms with Crippen LogP contribution in [0.15, 0.2) is 40.6 Å². The highest BCUT2D eigenvalue weighted by atomic mass is 32.2. The van der Waals surface area contributed by atoms with Crippen LogP contribution in [-0.4, -0.2) is 17.6 Å². The first-order chi connectivity index (χ1) is 10.1. The Hall–Kier alpha value is -1.79. The molecule has 0 aliphatic rings. The number of carbonyl (C=O) groups is 2. The summed E-state index contributed by atoms with van der Waals surface area (Å²) in [5.41, 5.74) is 7.13. The highest BCUT2D eigenvalue weighted by Crippen LogP contribution is 2.23. The summed E-state index contributed by atoms with van der Waals surface area (Å²) in [4.78, 5) is 25.0. The van der Waals surface area contributed by atoms with Crippen molar-refractivity contribution >= 4 is 34.9 Å². The van der Waals surface area contributed by atoms with Crippen molar-refractivity contribution in [2.24, 2.45) is 0 Å². The van der Waals surface area contributed by atoms with Crippen LogP contribution in [0.4, 0.5) is 0 Å². The Bertz CT molecular complexity index is 639. The molecule has 2 rings (SSSR count). The van der Waals surface area contributed by atoms with Crippen LogP contribution >= 0.6 is 23.1 Å². The largest absolute Gasteiger partial charge is 0.279 e. The van der Waals surface area contributed by atoms with E-state index in [2.05, 4.69) is 16.9 Å². The van der Waals surface area contributed by atoms with Crippen molar-refractivity contribution < 1.29 is 9.59 Å². The third kappa shape index (κ3) is 4.61. The molecule has 0 saturated carbocycles. The average Bonchev–Trinajstić information content (AvgIpc) is 3.00. The van der Waals surface area contributed by atoms with E-state index in [1.165, 1.54) is 23.1 Å². The molecule has 0 spiro atoms. The third-order valence-electron chi connectivity index (χ3n) is 2.76. The minimum absolute atomic E-state index is 0.231. The van der Waals surface area contributed by atoms with Gasteiger partial charge in [-0.25, -0.2) is 0 Å². The summed E-state index contributed by atoms with van der Waals surface area (Å²) < 4.78 is 0. The zero-order chi connectivity index (χ0) is 15.2. The SMILES string of the molecule is Cc1ccc(C)c(SCC(=O)NNC(=O)c2cccs2)c1. The van der Waals surface area contributed by atoms with E-state index in [-0.39, 0.29) is 17.6 Å². The van der Waals surface area contributed by atoms with Crippen molar-refractivity contribution in [1.29, 1.82) is 0 Å². The molecule has 21 heavy (non-hydrogen) atoms. The van der Waals surface area contributed by atoms with Crippen LogP contribution in [0, 0.1) is 13.8 Å². The summed E-state index contributed by atoms with van der Waals surface area (Å²) >= 11 is 2.79. The summed E-state index contributed by atoms with van der Waals surface area (Å²) in [5, 5.41) is 1.81. The summed E-state index contributed by atoms with van der Waals surface area (Å²) in [5.74, 6) is -0.268. The number of thioether (sulfide) groups is 1.